The van der Waals surface area contributed by atoms with Gasteiger partial charge in [0.05, 0.1) is 12.5 Å². The smallest absolute Gasteiger partial charge is 0.148 e. The number of rotatable bonds is 1. The second-order valence-electron chi connectivity index (χ2n) is 1.79. The van der Waals surface area contributed by atoms with E-state index in [0.717, 1.165) is 9.95 Å². The molecule has 1 nitrogen and oxygen atoms in total. The van der Waals surface area contributed by atoms with Crippen molar-refractivity contribution in [2.75, 3.05) is 0 Å². The largest absolute Gasteiger partial charge is 0.472 e. The Morgan fingerprint density at radius 2 is 2.56 bits per heavy atom. The van der Waals surface area contributed by atoms with E-state index in [2.05, 4.69) is 15.9 Å². The van der Waals surface area contributed by atoms with Crippen molar-refractivity contribution in [1.29, 1.82) is 0 Å². The van der Waals surface area contributed by atoms with Crippen LogP contribution in [0.4, 0.5) is 0 Å². The van der Waals surface area contributed by atoms with Gasteiger partial charge in [-0.05, 0) is 10.4 Å². The van der Waals surface area contributed by atoms with Crippen LogP contribution in [0.5, 0.6) is 0 Å². The van der Waals surface area contributed by atoms with Gasteiger partial charge >= 0.3 is 0 Å². The van der Waals surface area contributed by atoms with Crippen LogP contribution in [0.2, 0.25) is 0 Å². The number of hydrogen-bond acceptors (Lipinski definition) is 1. The van der Waals surface area contributed by atoms with Crippen molar-refractivity contribution in [2.24, 2.45) is 0 Å². The van der Waals surface area contributed by atoms with Gasteiger partial charge in [0.15, 0.2) is 0 Å². The van der Waals surface area contributed by atoms with Crippen molar-refractivity contribution in [3.63, 3.8) is 0 Å². The zero-order valence-corrected chi connectivity index (χ0v) is 6.68. The highest BCUT2D eigenvalue weighted by Crippen LogP contribution is 2.08. The van der Waals surface area contributed by atoms with Crippen molar-refractivity contribution in [1.82, 2.24) is 0 Å². The Bertz CT molecular complexity index is 199. The summed E-state index contributed by atoms with van der Waals surface area (Å²) in [6.07, 6.45) is 5.34. The molecule has 0 aliphatic rings. The molecular formula is C6H6BBrO. The van der Waals surface area contributed by atoms with Crippen molar-refractivity contribution in [3.8, 4) is 0 Å². The van der Waals surface area contributed by atoms with Crippen LogP contribution in [0.15, 0.2) is 27.4 Å². The minimum atomic E-state index is 1.09. The summed E-state index contributed by atoms with van der Waals surface area (Å²) in [6.45, 7) is 0. The molecule has 0 saturated carbocycles. The van der Waals surface area contributed by atoms with Gasteiger partial charge in [-0.2, -0.15) is 0 Å². The van der Waals surface area contributed by atoms with E-state index < -0.39 is 0 Å². The van der Waals surface area contributed by atoms with Crippen LogP contribution in [-0.2, 0) is 0 Å². The van der Waals surface area contributed by atoms with Gasteiger partial charge in [-0.15, -0.1) is 0 Å². The number of furan rings is 1. The molecule has 1 aromatic rings. The van der Waals surface area contributed by atoms with Crippen molar-refractivity contribution in [2.45, 2.75) is 0 Å². The van der Waals surface area contributed by atoms with Crippen LogP contribution in [0.3, 0.4) is 0 Å². The molecule has 0 atom stereocenters. The summed E-state index contributed by atoms with van der Waals surface area (Å²) >= 11 is 3.32. The summed E-state index contributed by atoms with van der Waals surface area (Å²) in [5, 5.41) is 0. The summed E-state index contributed by atoms with van der Waals surface area (Å²) in [5.74, 6) is 0. The lowest BCUT2D eigenvalue weighted by Crippen LogP contribution is -1.64. The summed E-state index contributed by atoms with van der Waals surface area (Å²) < 4.78 is 5.95. The quantitative estimate of drug-likeness (QED) is 0.605. The molecule has 1 heterocycles. The Labute approximate surface area is 63.3 Å². The summed E-state index contributed by atoms with van der Waals surface area (Å²) in [5.41, 5.74) is 1.09. The fourth-order valence-electron chi connectivity index (χ4n) is 0.587. The fraction of sp³-hybridized carbons (Fsp3) is 0. The first-order chi connectivity index (χ1) is 4.29. The topological polar surface area (TPSA) is 13.1 Å². The lowest BCUT2D eigenvalue weighted by molar-refractivity contribution is 0.567. The maximum Gasteiger partial charge on any atom is 0.148 e. The SMILES string of the molecule is B/C(Br)=C/c1ccoc1. The predicted molar refractivity (Wildman–Crippen MR) is 44.2 cm³/mol. The molecule has 0 N–H and O–H groups in total. The molecular weight excluding hydrogens is 179 g/mol. The minimum Gasteiger partial charge on any atom is -0.472 e. The number of hydrogen-bond donors (Lipinski definition) is 0. The summed E-state index contributed by atoms with van der Waals surface area (Å²) in [4.78, 5) is 0. The standard InChI is InChI=1S/C6H6BBrO/c7-6(8)3-5-1-2-9-4-5/h1-4H,7H2/b6-3-. The minimum absolute atomic E-state index is 1.09. The highest BCUT2D eigenvalue weighted by atomic mass is 79.9. The van der Waals surface area contributed by atoms with Crippen LogP contribution >= 0.6 is 15.9 Å². The second kappa shape index (κ2) is 2.92. The maximum atomic E-state index is 4.85. The third-order valence-corrected chi connectivity index (χ3v) is 1.14. The van der Waals surface area contributed by atoms with Crippen molar-refractivity contribution >= 4 is 29.9 Å². The molecule has 1 aromatic heterocycles. The Morgan fingerprint density at radius 3 is 3.00 bits per heavy atom. The van der Waals surface area contributed by atoms with Gasteiger partial charge in [-0.1, -0.05) is 22.0 Å². The number of halogens is 1. The average Bonchev–Trinajstić information content (AvgIpc) is 2.15. The van der Waals surface area contributed by atoms with E-state index in [1.807, 2.05) is 20.0 Å². The second-order valence-corrected chi connectivity index (χ2v) is 3.04. The van der Waals surface area contributed by atoms with Gasteiger partial charge in [0.1, 0.15) is 7.85 Å². The first-order valence-electron chi connectivity index (χ1n) is 2.65. The lowest BCUT2D eigenvalue weighted by atomic mass is 10.1. The fourth-order valence-corrected chi connectivity index (χ4v) is 0.851. The molecule has 0 unspecified atom stereocenters. The van der Waals surface area contributed by atoms with E-state index in [4.69, 9.17) is 4.42 Å². The molecule has 3 heteroatoms. The molecule has 0 saturated heterocycles. The van der Waals surface area contributed by atoms with Gasteiger partial charge in [0, 0.05) is 5.56 Å². The Kier molecular flexibility index (Phi) is 2.17. The van der Waals surface area contributed by atoms with Crippen molar-refractivity contribution < 1.29 is 4.42 Å². The van der Waals surface area contributed by atoms with Crippen LogP contribution in [0, 0.1) is 0 Å². The van der Waals surface area contributed by atoms with Gasteiger partial charge in [0.2, 0.25) is 0 Å². The molecule has 0 radical (unpaired) electrons. The van der Waals surface area contributed by atoms with E-state index in [1.165, 1.54) is 0 Å². The molecule has 0 amide bonds. The van der Waals surface area contributed by atoms with Crippen LogP contribution in [0.1, 0.15) is 5.56 Å². The first-order valence-corrected chi connectivity index (χ1v) is 3.44. The molecule has 0 aliphatic heterocycles. The molecule has 0 bridgehead atoms. The highest BCUT2D eigenvalue weighted by Gasteiger charge is 1.86. The molecule has 0 fully saturated rings. The zero-order chi connectivity index (χ0) is 6.69. The van der Waals surface area contributed by atoms with E-state index in [9.17, 15) is 0 Å². The normalized spacial score (nSPS) is 11.9. The van der Waals surface area contributed by atoms with Crippen LogP contribution < -0.4 is 0 Å². The zero-order valence-electron chi connectivity index (χ0n) is 5.10. The van der Waals surface area contributed by atoms with Gasteiger partial charge in [-0.25, -0.2) is 0 Å². The molecule has 0 spiro atoms. The maximum absolute atomic E-state index is 4.85. The third kappa shape index (κ3) is 2.10. The molecule has 9 heavy (non-hydrogen) atoms. The first kappa shape index (κ1) is 6.68. The molecule has 1 rings (SSSR count). The van der Waals surface area contributed by atoms with E-state index in [-0.39, 0.29) is 0 Å². The highest BCUT2D eigenvalue weighted by molar-refractivity contribution is 9.12. The van der Waals surface area contributed by atoms with Gasteiger partial charge < -0.3 is 4.42 Å². The Hall–Kier alpha value is -0.435. The molecule has 0 aliphatic carbocycles. The third-order valence-electron chi connectivity index (χ3n) is 0.909. The van der Waals surface area contributed by atoms with Crippen LogP contribution in [-0.4, -0.2) is 7.85 Å². The predicted octanol–water partition coefficient (Wildman–Crippen LogP) is 1.61. The summed E-state index contributed by atoms with van der Waals surface area (Å²) in [6, 6.07) is 1.91. The van der Waals surface area contributed by atoms with E-state index in [1.54, 1.807) is 12.5 Å². The Balaban J connectivity index is 2.80. The summed E-state index contributed by atoms with van der Waals surface area (Å²) in [7, 11) is 1.98. The monoisotopic (exact) mass is 184 g/mol. The average molecular weight is 185 g/mol. The van der Waals surface area contributed by atoms with Gasteiger partial charge in [-0.3, -0.25) is 0 Å². The lowest BCUT2D eigenvalue weighted by Gasteiger charge is -1.81. The van der Waals surface area contributed by atoms with Crippen molar-refractivity contribution in [3.05, 3.63) is 28.5 Å². The molecule has 46 valence electrons. The Morgan fingerprint density at radius 1 is 1.78 bits per heavy atom. The van der Waals surface area contributed by atoms with Crippen LogP contribution in [0.25, 0.3) is 6.08 Å². The van der Waals surface area contributed by atoms with E-state index in [0.29, 0.717) is 0 Å². The van der Waals surface area contributed by atoms with Gasteiger partial charge in [0.25, 0.3) is 0 Å². The molecule has 0 aromatic carbocycles. The van der Waals surface area contributed by atoms with E-state index >= 15 is 0 Å².